The van der Waals surface area contributed by atoms with Crippen LogP contribution in [0.15, 0.2) is 18.2 Å². The fourth-order valence-corrected chi connectivity index (χ4v) is 2.03. The van der Waals surface area contributed by atoms with E-state index in [1.807, 2.05) is 6.07 Å². The summed E-state index contributed by atoms with van der Waals surface area (Å²) in [6.45, 7) is 0.656. The van der Waals surface area contributed by atoms with Crippen molar-refractivity contribution in [3.8, 4) is 0 Å². The van der Waals surface area contributed by atoms with Crippen molar-refractivity contribution >= 4 is 17.3 Å². The topological polar surface area (TPSA) is 75.8 Å². The Kier molecular flexibility index (Phi) is 3.72. The van der Waals surface area contributed by atoms with E-state index >= 15 is 0 Å². The van der Waals surface area contributed by atoms with Gasteiger partial charge in [0, 0.05) is 24.0 Å². The Morgan fingerprint density at radius 3 is 2.83 bits per heavy atom. The van der Waals surface area contributed by atoms with E-state index in [9.17, 15) is 4.79 Å². The van der Waals surface area contributed by atoms with Gasteiger partial charge in [-0.25, -0.2) is 4.79 Å². The third-order valence-electron chi connectivity index (χ3n) is 3.10. The number of rotatable bonds is 5. The molecular formula is C13H18N2O3. The molecule has 5 nitrogen and oxygen atoms in total. The fraction of sp³-hybridized carbons (Fsp3) is 0.462. The SMILES string of the molecule is COC(=O)c1cc(N(CCO)C2CC2)ccc1N. The fourth-order valence-electron chi connectivity index (χ4n) is 2.03. The number of carbonyl (C=O) groups is 1. The third kappa shape index (κ3) is 2.56. The van der Waals surface area contributed by atoms with E-state index in [-0.39, 0.29) is 6.61 Å². The molecule has 1 fully saturated rings. The summed E-state index contributed by atoms with van der Waals surface area (Å²) >= 11 is 0. The summed E-state index contributed by atoms with van der Waals surface area (Å²) in [5.74, 6) is -0.436. The van der Waals surface area contributed by atoms with Crippen LogP contribution in [0.3, 0.4) is 0 Å². The van der Waals surface area contributed by atoms with Crippen molar-refractivity contribution in [1.29, 1.82) is 0 Å². The molecule has 1 aromatic rings. The normalized spacial score (nSPS) is 14.3. The van der Waals surface area contributed by atoms with Crippen molar-refractivity contribution in [2.24, 2.45) is 0 Å². The molecule has 1 aromatic carbocycles. The zero-order valence-corrected chi connectivity index (χ0v) is 10.4. The number of nitrogen functional groups attached to an aromatic ring is 1. The molecule has 1 aliphatic rings. The molecule has 0 saturated heterocycles. The molecule has 0 aromatic heterocycles. The van der Waals surface area contributed by atoms with Crippen LogP contribution in [0.2, 0.25) is 0 Å². The zero-order chi connectivity index (χ0) is 13.1. The van der Waals surface area contributed by atoms with Crippen LogP contribution in [0, 0.1) is 0 Å². The number of anilines is 2. The van der Waals surface area contributed by atoms with Crippen LogP contribution in [-0.4, -0.2) is 37.4 Å². The number of aliphatic hydroxyl groups is 1. The highest BCUT2D eigenvalue weighted by Crippen LogP contribution is 2.32. The van der Waals surface area contributed by atoms with Gasteiger partial charge in [0.1, 0.15) is 0 Å². The van der Waals surface area contributed by atoms with Gasteiger partial charge in [-0.05, 0) is 31.0 Å². The quantitative estimate of drug-likeness (QED) is 0.602. The summed E-state index contributed by atoms with van der Waals surface area (Å²) in [5, 5.41) is 9.10. The van der Waals surface area contributed by atoms with E-state index in [4.69, 9.17) is 15.6 Å². The number of hydrogen-bond acceptors (Lipinski definition) is 5. The standard InChI is InChI=1S/C13H18N2O3/c1-18-13(17)11-8-10(4-5-12(11)14)15(6-7-16)9-2-3-9/h4-5,8-9,16H,2-3,6-7,14H2,1H3. The van der Waals surface area contributed by atoms with E-state index in [0.29, 0.717) is 23.8 Å². The molecule has 1 saturated carbocycles. The predicted molar refractivity (Wildman–Crippen MR) is 69.6 cm³/mol. The smallest absolute Gasteiger partial charge is 0.340 e. The first-order chi connectivity index (χ1) is 8.67. The Hall–Kier alpha value is -1.75. The molecule has 0 atom stereocenters. The number of ether oxygens (including phenoxy) is 1. The second-order valence-corrected chi connectivity index (χ2v) is 4.41. The largest absolute Gasteiger partial charge is 0.465 e. The second-order valence-electron chi connectivity index (χ2n) is 4.41. The van der Waals surface area contributed by atoms with E-state index in [1.165, 1.54) is 7.11 Å². The van der Waals surface area contributed by atoms with Gasteiger partial charge in [0.15, 0.2) is 0 Å². The summed E-state index contributed by atoms with van der Waals surface area (Å²) in [7, 11) is 1.33. The first kappa shape index (κ1) is 12.7. The lowest BCUT2D eigenvalue weighted by atomic mass is 10.1. The minimum Gasteiger partial charge on any atom is -0.465 e. The Morgan fingerprint density at radius 2 is 2.28 bits per heavy atom. The summed E-state index contributed by atoms with van der Waals surface area (Å²) < 4.78 is 4.70. The summed E-state index contributed by atoms with van der Waals surface area (Å²) in [6.07, 6.45) is 2.25. The molecule has 0 aliphatic heterocycles. The monoisotopic (exact) mass is 250 g/mol. The maximum absolute atomic E-state index is 11.6. The molecule has 0 unspecified atom stereocenters. The number of aliphatic hydroxyl groups excluding tert-OH is 1. The van der Waals surface area contributed by atoms with Crippen LogP contribution in [0.25, 0.3) is 0 Å². The molecule has 1 aliphatic carbocycles. The molecule has 0 amide bonds. The minimum absolute atomic E-state index is 0.0917. The number of methoxy groups -OCH3 is 1. The van der Waals surface area contributed by atoms with Gasteiger partial charge >= 0.3 is 5.97 Å². The molecule has 3 N–H and O–H groups in total. The number of benzene rings is 1. The molecule has 98 valence electrons. The van der Waals surface area contributed by atoms with Crippen molar-refractivity contribution < 1.29 is 14.6 Å². The van der Waals surface area contributed by atoms with Crippen LogP contribution in [0.4, 0.5) is 11.4 Å². The summed E-state index contributed by atoms with van der Waals surface area (Å²) in [4.78, 5) is 13.7. The predicted octanol–water partition coefficient (Wildman–Crippen LogP) is 1.02. The van der Waals surface area contributed by atoms with Gasteiger partial charge < -0.3 is 20.5 Å². The first-order valence-electron chi connectivity index (χ1n) is 6.02. The van der Waals surface area contributed by atoms with Crippen molar-refractivity contribution in [1.82, 2.24) is 0 Å². The number of nitrogens with two attached hydrogens (primary N) is 1. The lowest BCUT2D eigenvalue weighted by molar-refractivity contribution is 0.0602. The van der Waals surface area contributed by atoms with Crippen LogP contribution in [-0.2, 0) is 4.74 Å². The summed E-state index contributed by atoms with van der Waals surface area (Å²) in [5.41, 5.74) is 7.45. The van der Waals surface area contributed by atoms with Gasteiger partial charge in [0.25, 0.3) is 0 Å². The second kappa shape index (κ2) is 5.27. The average Bonchev–Trinajstić information content (AvgIpc) is 3.20. The minimum atomic E-state index is -0.436. The first-order valence-corrected chi connectivity index (χ1v) is 6.02. The van der Waals surface area contributed by atoms with Gasteiger partial charge in [-0.15, -0.1) is 0 Å². The lowest BCUT2D eigenvalue weighted by Crippen LogP contribution is -2.29. The van der Waals surface area contributed by atoms with Crippen LogP contribution in [0.1, 0.15) is 23.2 Å². The van der Waals surface area contributed by atoms with Gasteiger partial charge in [-0.3, -0.25) is 0 Å². The highest BCUT2D eigenvalue weighted by molar-refractivity contribution is 5.96. The molecule has 0 radical (unpaired) electrons. The maximum Gasteiger partial charge on any atom is 0.340 e. The number of esters is 1. The van der Waals surface area contributed by atoms with Crippen molar-refractivity contribution in [2.75, 3.05) is 30.9 Å². The van der Waals surface area contributed by atoms with E-state index in [2.05, 4.69) is 4.90 Å². The van der Waals surface area contributed by atoms with Crippen LogP contribution >= 0.6 is 0 Å². The third-order valence-corrected chi connectivity index (χ3v) is 3.10. The van der Waals surface area contributed by atoms with Crippen molar-refractivity contribution in [3.63, 3.8) is 0 Å². The number of carbonyl (C=O) groups excluding carboxylic acids is 1. The Morgan fingerprint density at radius 1 is 1.56 bits per heavy atom. The van der Waals surface area contributed by atoms with Gasteiger partial charge in [0.05, 0.1) is 19.3 Å². The van der Waals surface area contributed by atoms with Crippen molar-refractivity contribution in [3.05, 3.63) is 23.8 Å². The maximum atomic E-state index is 11.6. The molecule has 0 heterocycles. The highest BCUT2D eigenvalue weighted by atomic mass is 16.5. The molecule has 0 spiro atoms. The Bertz CT molecular complexity index is 444. The van der Waals surface area contributed by atoms with E-state index in [1.54, 1.807) is 12.1 Å². The van der Waals surface area contributed by atoms with Gasteiger partial charge in [0.2, 0.25) is 0 Å². The van der Waals surface area contributed by atoms with E-state index in [0.717, 1.165) is 18.5 Å². The Balaban J connectivity index is 2.29. The molecule has 0 bridgehead atoms. The molecule has 5 heteroatoms. The molecule has 18 heavy (non-hydrogen) atoms. The van der Waals surface area contributed by atoms with E-state index < -0.39 is 5.97 Å². The van der Waals surface area contributed by atoms with Crippen LogP contribution < -0.4 is 10.6 Å². The number of hydrogen-bond donors (Lipinski definition) is 2. The van der Waals surface area contributed by atoms with Crippen LogP contribution in [0.5, 0.6) is 0 Å². The number of nitrogens with zero attached hydrogens (tertiary/aromatic N) is 1. The Labute approximate surface area is 106 Å². The van der Waals surface area contributed by atoms with Gasteiger partial charge in [-0.1, -0.05) is 0 Å². The lowest BCUT2D eigenvalue weighted by Gasteiger charge is -2.24. The average molecular weight is 250 g/mol. The molecule has 2 rings (SSSR count). The summed E-state index contributed by atoms with van der Waals surface area (Å²) in [6, 6.07) is 5.77. The van der Waals surface area contributed by atoms with Gasteiger partial charge in [-0.2, -0.15) is 0 Å². The zero-order valence-electron chi connectivity index (χ0n) is 10.4. The van der Waals surface area contributed by atoms with Crippen molar-refractivity contribution in [2.45, 2.75) is 18.9 Å². The highest BCUT2D eigenvalue weighted by Gasteiger charge is 2.29. The molecular weight excluding hydrogens is 232 g/mol.